The van der Waals surface area contributed by atoms with Crippen molar-refractivity contribution in [2.75, 3.05) is 31.1 Å². The number of nitrogens with zero attached hydrogens (tertiary/aromatic N) is 4. The van der Waals surface area contributed by atoms with E-state index in [9.17, 15) is 14.0 Å². The van der Waals surface area contributed by atoms with Gasteiger partial charge < -0.3 is 15.1 Å². The van der Waals surface area contributed by atoms with Crippen molar-refractivity contribution in [1.82, 2.24) is 20.2 Å². The van der Waals surface area contributed by atoms with E-state index in [2.05, 4.69) is 20.2 Å². The average Bonchev–Trinajstić information content (AvgIpc) is 3.44. The maximum Gasteiger partial charge on any atom is 0.255 e. The lowest BCUT2D eigenvalue weighted by atomic mass is 10.0. The maximum absolute atomic E-state index is 13.4. The van der Waals surface area contributed by atoms with E-state index in [1.54, 1.807) is 35.4 Å². The van der Waals surface area contributed by atoms with Crippen LogP contribution in [0.1, 0.15) is 33.6 Å². The molecule has 4 heterocycles. The minimum atomic E-state index is -0.322. The summed E-state index contributed by atoms with van der Waals surface area (Å²) in [6, 6.07) is 13.4. The van der Waals surface area contributed by atoms with Gasteiger partial charge >= 0.3 is 0 Å². The van der Waals surface area contributed by atoms with Gasteiger partial charge in [-0.2, -0.15) is 0 Å². The summed E-state index contributed by atoms with van der Waals surface area (Å²) < 4.78 is 13.4. The van der Waals surface area contributed by atoms with Crippen LogP contribution in [0, 0.1) is 5.82 Å². The van der Waals surface area contributed by atoms with Crippen molar-refractivity contribution >= 4 is 17.6 Å². The van der Waals surface area contributed by atoms with Crippen LogP contribution in [0.2, 0.25) is 0 Å². The monoisotopic (exact) mass is 471 g/mol. The number of amides is 2. The zero-order chi connectivity index (χ0) is 24.2. The number of hydrogen-bond donors (Lipinski definition) is 1. The predicted molar refractivity (Wildman–Crippen MR) is 132 cm³/mol. The summed E-state index contributed by atoms with van der Waals surface area (Å²) in [6.45, 7) is 2.82. The fraction of sp³-hybridized carbons (Fsp3) is 0.259. The molecule has 178 valence electrons. The number of nitrogens with one attached hydrogen (secondary N) is 1. The Morgan fingerprint density at radius 1 is 0.914 bits per heavy atom. The van der Waals surface area contributed by atoms with Crippen LogP contribution < -0.4 is 10.2 Å². The minimum Gasteiger partial charge on any atom is -0.356 e. The first-order chi connectivity index (χ1) is 17.1. The summed E-state index contributed by atoms with van der Waals surface area (Å²) in [5.41, 5.74) is 2.36. The molecule has 2 aromatic heterocycles. The van der Waals surface area contributed by atoms with Crippen LogP contribution in [0.15, 0.2) is 73.1 Å². The van der Waals surface area contributed by atoms with Crippen molar-refractivity contribution in [2.45, 2.75) is 18.9 Å². The molecule has 1 N–H and O–H groups in total. The van der Waals surface area contributed by atoms with Gasteiger partial charge in [-0.15, -0.1) is 0 Å². The van der Waals surface area contributed by atoms with Gasteiger partial charge in [0.25, 0.3) is 11.8 Å². The normalized spacial score (nSPS) is 15.9. The second kappa shape index (κ2) is 10.0. The minimum absolute atomic E-state index is 0.00562. The zero-order valence-electron chi connectivity index (χ0n) is 19.2. The molecule has 2 amide bonds. The largest absolute Gasteiger partial charge is 0.356 e. The molecule has 0 atom stereocenters. The standard InChI is InChI=1S/C27H26FN5O2/c28-22-5-3-4-19(16-22)24-8-6-20(17-29-24)26(34)31-23-10-14-32(15-11-23)25-9-7-21(18-30-25)27(35)33-12-1-2-13-33/h1-9,16-18,23H,10-15H2,(H,31,34). The Bertz CT molecular complexity index is 1230. The molecular formula is C27H26FN5O2. The van der Waals surface area contributed by atoms with E-state index in [1.165, 1.54) is 18.3 Å². The quantitative estimate of drug-likeness (QED) is 0.575. The van der Waals surface area contributed by atoms with Gasteiger partial charge in [-0.1, -0.05) is 24.3 Å². The summed E-state index contributed by atoms with van der Waals surface area (Å²) in [4.78, 5) is 37.9. The van der Waals surface area contributed by atoms with Gasteiger partial charge in [0, 0.05) is 50.2 Å². The number of hydrogen-bond acceptors (Lipinski definition) is 5. The third-order valence-electron chi connectivity index (χ3n) is 6.40. The van der Waals surface area contributed by atoms with E-state index in [4.69, 9.17) is 0 Å². The summed E-state index contributed by atoms with van der Waals surface area (Å²) in [7, 11) is 0. The molecular weight excluding hydrogens is 445 g/mol. The lowest BCUT2D eigenvalue weighted by Gasteiger charge is -2.33. The molecule has 2 aliphatic rings. The summed E-state index contributed by atoms with van der Waals surface area (Å²) in [5.74, 6) is 0.341. The van der Waals surface area contributed by atoms with Crippen molar-refractivity contribution in [3.63, 3.8) is 0 Å². The van der Waals surface area contributed by atoms with Crippen LogP contribution in [0.5, 0.6) is 0 Å². The van der Waals surface area contributed by atoms with E-state index in [-0.39, 0.29) is 23.7 Å². The molecule has 2 aliphatic heterocycles. The van der Waals surface area contributed by atoms with Crippen LogP contribution >= 0.6 is 0 Å². The summed E-state index contributed by atoms with van der Waals surface area (Å²) >= 11 is 0. The van der Waals surface area contributed by atoms with Gasteiger partial charge in [-0.3, -0.25) is 14.6 Å². The summed E-state index contributed by atoms with van der Waals surface area (Å²) in [6.07, 6.45) is 8.73. The fourth-order valence-corrected chi connectivity index (χ4v) is 4.39. The zero-order valence-corrected chi connectivity index (χ0v) is 19.2. The van der Waals surface area contributed by atoms with Crippen molar-refractivity contribution in [3.05, 3.63) is 90.0 Å². The number of aromatic nitrogens is 2. The number of pyridine rings is 2. The Morgan fingerprint density at radius 2 is 1.66 bits per heavy atom. The smallest absolute Gasteiger partial charge is 0.255 e. The van der Waals surface area contributed by atoms with Gasteiger partial charge in [0.05, 0.1) is 16.8 Å². The van der Waals surface area contributed by atoms with E-state index in [0.717, 1.165) is 31.7 Å². The third kappa shape index (κ3) is 5.21. The first kappa shape index (κ1) is 22.7. The van der Waals surface area contributed by atoms with Crippen molar-refractivity contribution in [2.24, 2.45) is 0 Å². The first-order valence-electron chi connectivity index (χ1n) is 11.7. The highest BCUT2D eigenvalue weighted by Crippen LogP contribution is 2.21. The fourth-order valence-electron chi connectivity index (χ4n) is 4.39. The summed E-state index contributed by atoms with van der Waals surface area (Å²) in [5, 5.41) is 3.09. The molecule has 1 saturated heterocycles. The molecule has 0 bridgehead atoms. The molecule has 0 aliphatic carbocycles. The van der Waals surface area contributed by atoms with Crippen molar-refractivity contribution < 1.29 is 14.0 Å². The number of carbonyl (C=O) groups excluding carboxylic acids is 2. The molecule has 5 rings (SSSR count). The second-order valence-corrected chi connectivity index (χ2v) is 8.76. The van der Waals surface area contributed by atoms with Crippen LogP contribution in [0.4, 0.5) is 10.2 Å². The SMILES string of the molecule is O=C(NC1CCN(c2ccc(C(=O)N3CC=CC3)cn2)CC1)c1ccc(-c2cccc(F)c2)nc1. The molecule has 0 spiro atoms. The number of carbonyl (C=O) groups is 2. The number of halogens is 1. The molecule has 0 saturated carbocycles. The third-order valence-corrected chi connectivity index (χ3v) is 6.40. The number of benzene rings is 1. The maximum atomic E-state index is 13.4. The molecule has 7 nitrogen and oxygen atoms in total. The highest BCUT2D eigenvalue weighted by molar-refractivity contribution is 5.95. The van der Waals surface area contributed by atoms with Gasteiger partial charge in [-0.05, 0) is 49.2 Å². The molecule has 35 heavy (non-hydrogen) atoms. The van der Waals surface area contributed by atoms with Crippen LogP contribution in [0.25, 0.3) is 11.3 Å². The van der Waals surface area contributed by atoms with E-state index >= 15 is 0 Å². The van der Waals surface area contributed by atoms with Crippen LogP contribution in [0.3, 0.4) is 0 Å². The molecule has 0 unspecified atom stereocenters. The van der Waals surface area contributed by atoms with E-state index < -0.39 is 0 Å². The molecule has 0 radical (unpaired) electrons. The Balaban J connectivity index is 1.13. The highest BCUT2D eigenvalue weighted by atomic mass is 19.1. The first-order valence-corrected chi connectivity index (χ1v) is 11.7. The van der Waals surface area contributed by atoms with E-state index in [1.807, 2.05) is 24.3 Å². The van der Waals surface area contributed by atoms with Crippen molar-refractivity contribution in [1.29, 1.82) is 0 Å². The van der Waals surface area contributed by atoms with Crippen LogP contribution in [-0.4, -0.2) is 58.9 Å². The Hall–Kier alpha value is -4.07. The van der Waals surface area contributed by atoms with Gasteiger partial charge in [0.15, 0.2) is 0 Å². The highest BCUT2D eigenvalue weighted by Gasteiger charge is 2.23. The topological polar surface area (TPSA) is 78.4 Å². The molecule has 3 aromatic rings. The van der Waals surface area contributed by atoms with Crippen LogP contribution in [-0.2, 0) is 0 Å². The van der Waals surface area contributed by atoms with E-state index in [0.29, 0.717) is 35.5 Å². The molecule has 1 aromatic carbocycles. The number of anilines is 1. The van der Waals surface area contributed by atoms with Crippen molar-refractivity contribution in [3.8, 4) is 11.3 Å². The Labute approximate surface area is 203 Å². The number of piperidine rings is 1. The Kier molecular flexibility index (Phi) is 6.52. The predicted octanol–water partition coefficient (Wildman–Crippen LogP) is 3.69. The molecule has 1 fully saturated rings. The molecule has 8 heteroatoms. The number of rotatable bonds is 5. The van der Waals surface area contributed by atoms with Gasteiger partial charge in [0.2, 0.25) is 0 Å². The Morgan fingerprint density at radius 3 is 2.31 bits per heavy atom. The average molecular weight is 472 g/mol. The second-order valence-electron chi connectivity index (χ2n) is 8.76. The lowest BCUT2D eigenvalue weighted by Crippen LogP contribution is -2.45. The van der Waals surface area contributed by atoms with Gasteiger partial charge in [0.1, 0.15) is 11.6 Å². The van der Waals surface area contributed by atoms with Gasteiger partial charge in [-0.25, -0.2) is 9.37 Å². The lowest BCUT2D eigenvalue weighted by molar-refractivity contribution is 0.0799.